The van der Waals surface area contributed by atoms with Gasteiger partial charge in [0.1, 0.15) is 5.75 Å². The molecule has 0 amide bonds. The third-order valence-corrected chi connectivity index (χ3v) is 4.58. The lowest BCUT2D eigenvalue weighted by atomic mass is 10.3. The molecule has 1 aliphatic heterocycles. The first-order valence-corrected chi connectivity index (χ1v) is 7.17. The molecule has 0 aromatic heterocycles. The Balaban J connectivity index is 2.16. The Hall–Kier alpha value is -1.32. The summed E-state index contributed by atoms with van der Waals surface area (Å²) in [5.41, 5.74) is 0. The Morgan fingerprint density at radius 2 is 1.65 bits per heavy atom. The predicted molar refractivity (Wildman–Crippen MR) is 62.7 cm³/mol. The third kappa shape index (κ3) is 3.62. The monoisotopic (exact) mass is 311 g/mol. The molecule has 0 N–H and O–H groups in total. The Kier molecular flexibility index (Phi) is 4.21. The van der Waals surface area contributed by atoms with Crippen molar-refractivity contribution < 1.29 is 31.1 Å². The molecule has 1 fully saturated rings. The second-order valence-electron chi connectivity index (χ2n) is 4.04. The van der Waals surface area contributed by atoms with Crippen LogP contribution in [0.1, 0.15) is 0 Å². The van der Waals surface area contributed by atoms with Crippen molar-refractivity contribution in [3.63, 3.8) is 0 Å². The molecule has 1 heterocycles. The van der Waals surface area contributed by atoms with Crippen molar-refractivity contribution in [2.75, 3.05) is 26.3 Å². The normalized spacial score (nSPS) is 17.9. The minimum absolute atomic E-state index is 0.0751. The highest BCUT2D eigenvalue weighted by atomic mass is 32.2. The van der Waals surface area contributed by atoms with Crippen LogP contribution in [-0.2, 0) is 14.8 Å². The van der Waals surface area contributed by atoms with Crippen LogP contribution in [0.2, 0.25) is 0 Å². The van der Waals surface area contributed by atoms with Gasteiger partial charge in [-0.25, -0.2) is 8.42 Å². The molecule has 1 saturated heterocycles. The first kappa shape index (κ1) is 15.1. The van der Waals surface area contributed by atoms with Crippen molar-refractivity contribution in [1.29, 1.82) is 0 Å². The van der Waals surface area contributed by atoms with Gasteiger partial charge in [0, 0.05) is 13.1 Å². The number of alkyl halides is 3. The van der Waals surface area contributed by atoms with E-state index in [0.717, 1.165) is 24.3 Å². The summed E-state index contributed by atoms with van der Waals surface area (Å²) >= 11 is 0. The van der Waals surface area contributed by atoms with Gasteiger partial charge in [0.25, 0.3) is 0 Å². The quantitative estimate of drug-likeness (QED) is 0.851. The summed E-state index contributed by atoms with van der Waals surface area (Å²) in [6.07, 6.45) is -4.80. The summed E-state index contributed by atoms with van der Waals surface area (Å²) in [6, 6.07) is 4.12. The van der Waals surface area contributed by atoms with Crippen molar-refractivity contribution in [2.24, 2.45) is 0 Å². The largest absolute Gasteiger partial charge is 0.573 e. The molecule has 0 unspecified atom stereocenters. The smallest absolute Gasteiger partial charge is 0.406 e. The number of hydrogen-bond acceptors (Lipinski definition) is 4. The van der Waals surface area contributed by atoms with Crippen LogP contribution in [0.15, 0.2) is 29.2 Å². The molecule has 1 aromatic rings. The van der Waals surface area contributed by atoms with E-state index >= 15 is 0 Å². The fourth-order valence-corrected chi connectivity index (χ4v) is 3.16. The molecule has 1 aromatic carbocycles. The molecule has 112 valence electrons. The molecule has 20 heavy (non-hydrogen) atoms. The molecular weight excluding hydrogens is 299 g/mol. The van der Waals surface area contributed by atoms with Gasteiger partial charge in [0.05, 0.1) is 18.1 Å². The lowest BCUT2D eigenvalue weighted by Gasteiger charge is -2.26. The van der Waals surface area contributed by atoms with Crippen molar-refractivity contribution in [3.05, 3.63) is 24.3 Å². The molecule has 5 nitrogen and oxygen atoms in total. The number of sulfonamides is 1. The average Bonchev–Trinajstić information content (AvgIpc) is 2.38. The molecular formula is C11H12F3NO4S. The maximum absolute atomic E-state index is 12.2. The Morgan fingerprint density at radius 3 is 2.15 bits per heavy atom. The minimum atomic E-state index is -4.80. The SMILES string of the molecule is O=S(=O)(c1ccc(OC(F)(F)F)cc1)N1CCOCC1. The first-order chi connectivity index (χ1) is 9.29. The van der Waals surface area contributed by atoms with Gasteiger partial charge in [-0.2, -0.15) is 4.31 Å². The predicted octanol–water partition coefficient (Wildman–Crippen LogP) is 1.61. The molecule has 1 aliphatic rings. The van der Waals surface area contributed by atoms with Gasteiger partial charge in [-0.05, 0) is 24.3 Å². The van der Waals surface area contributed by atoms with Gasteiger partial charge in [-0.3, -0.25) is 0 Å². The highest BCUT2D eigenvalue weighted by Crippen LogP contribution is 2.25. The van der Waals surface area contributed by atoms with Gasteiger partial charge in [-0.15, -0.1) is 13.2 Å². The summed E-state index contributed by atoms with van der Waals surface area (Å²) in [4.78, 5) is -0.0751. The lowest BCUT2D eigenvalue weighted by Crippen LogP contribution is -2.40. The van der Waals surface area contributed by atoms with E-state index < -0.39 is 22.1 Å². The fourth-order valence-electron chi connectivity index (χ4n) is 1.75. The van der Waals surface area contributed by atoms with Crippen LogP contribution in [0.4, 0.5) is 13.2 Å². The molecule has 0 spiro atoms. The second kappa shape index (κ2) is 5.58. The number of ether oxygens (including phenoxy) is 2. The van der Waals surface area contributed by atoms with Crippen LogP contribution >= 0.6 is 0 Å². The van der Waals surface area contributed by atoms with Crippen LogP contribution < -0.4 is 4.74 Å². The van der Waals surface area contributed by atoms with E-state index in [2.05, 4.69) is 4.74 Å². The Morgan fingerprint density at radius 1 is 1.10 bits per heavy atom. The van der Waals surface area contributed by atoms with Crippen molar-refractivity contribution in [1.82, 2.24) is 4.31 Å². The van der Waals surface area contributed by atoms with Crippen molar-refractivity contribution in [2.45, 2.75) is 11.3 Å². The van der Waals surface area contributed by atoms with Crippen LogP contribution in [0.3, 0.4) is 0 Å². The summed E-state index contributed by atoms with van der Waals surface area (Å²) in [6.45, 7) is 1.05. The van der Waals surface area contributed by atoms with Crippen LogP contribution in [0.25, 0.3) is 0 Å². The lowest BCUT2D eigenvalue weighted by molar-refractivity contribution is -0.274. The average molecular weight is 311 g/mol. The second-order valence-corrected chi connectivity index (χ2v) is 5.97. The molecule has 0 saturated carbocycles. The topological polar surface area (TPSA) is 55.8 Å². The summed E-state index contributed by atoms with van der Waals surface area (Å²) < 4.78 is 70.4. The van der Waals surface area contributed by atoms with E-state index in [1.54, 1.807) is 0 Å². The first-order valence-electron chi connectivity index (χ1n) is 5.73. The van der Waals surface area contributed by atoms with Crippen LogP contribution in [0.5, 0.6) is 5.75 Å². The van der Waals surface area contributed by atoms with Gasteiger partial charge < -0.3 is 9.47 Å². The molecule has 2 rings (SSSR count). The van der Waals surface area contributed by atoms with E-state index in [4.69, 9.17) is 4.74 Å². The summed E-state index contributed by atoms with van der Waals surface area (Å²) in [7, 11) is -3.71. The van der Waals surface area contributed by atoms with Crippen molar-refractivity contribution in [3.8, 4) is 5.75 Å². The number of halogens is 3. The zero-order chi connectivity index (χ0) is 14.8. The molecule has 0 atom stereocenters. The van der Waals surface area contributed by atoms with E-state index in [9.17, 15) is 21.6 Å². The molecule has 9 heteroatoms. The Bertz CT molecular complexity index is 550. The number of rotatable bonds is 3. The maximum atomic E-state index is 12.2. The van der Waals surface area contributed by atoms with Gasteiger partial charge >= 0.3 is 6.36 Å². The van der Waals surface area contributed by atoms with Crippen LogP contribution in [-0.4, -0.2) is 45.4 Å². The number of nitrogens with zero attached hydrogens (tertiary/aromatic N) is 1. The van der Waals surface area contributed by atoms with E-state index in [0.29, 0.717) is 13.2 Å². The zero-order valence-corrected chi connectivity index (χ0v) is 11.1. The van der Waals surface area contributed by atoms with Crippen molar-refractivity contribution >= 4 is 10.0 Å². The van der Waals surface area contributed by atoms with E-state index in [1.165, 1.54) is 4.31 Å². The summed E-state index contributed by atoms with van der Waals surface area (Å²) in [5.74, 6) is -0.460. The van der Waals surface area contributed by atoms with Gasteiger partial charge in [-0.1, -0.05) is 0 Å². The highest BCUT2D eigenvalue weighted by Gasteiger charge is 2.31. The molecule has 0 bridgehead atoms. The zero-order valence-electron chi connectivity index (χ0n) is 10.3. The van der Waals surface area contributed by atoms with Crippen LogP contribution in [0, 0.1) is 0 Å². The fraction of sp³-hybridized carbons (Fsp3) is 0.455. The maximum Gasteiger partial charge on any atom is 0.573 e. The van der Waals surface area contributed by atoms with Gasteiger partial charge in [0.2, 0.25) is 10.0 Å². The molecule has 0 aliphatic carbocycles. The number of hydrogen-bond donors (Lipinski definition) is 0. The molecule has 0 radical (unpaired) electrons. The van der Waals surface area contributed by atoms with E-state index in [1.807, 2.05) is 0 Å². The number of morpholine rings is 1. The summed E-state index contributed by atoms with van der Waals surface area (Å²) in [5, 5.41) is 0. The Labute approximate surface area is 113 Å². The highest BCUT2D eigenvalue weighted by molar-refractivity contribution is 7.89. The number of benzene rings is 1. The van der Waals surface area contributed by atoms with E-state index in [-0.39, 0.29) is 18.0 Å². The third-order valence-electron chi connectivity index (χ3n) is 2.67. The minimum Gasteiger partial charge on any atom is -0.406 e. The standard InChI is InChI=1S/C11H12F3NO4S/c12-11(13,14)19-9-1-3-10(4-2-9)20(16,17)15-5-7-18-8-6-15/h1-4H,5-8H2. The van der Waals surface area contributed by atoms with Gasteiger partial charge in [0.15, 0.2) is 0 Å².